The topological polar surface area (TPSA) is 84.5 Å². The van der Waals surface area contributed by atoms with Gasteiger partial charge in [-0.2, -0.15) is 0 Å². The number of nitrogens with one attached hydrogen (secondary N) is 2. The van der Waals surface area contributed by atoms with Crippen LogP contribution in [0, 0.1) is 19.7 Å². The molecule has 162 valence electrons. The molecular weight excluding hydrogens is 419 g/mol. The maximum absolute atomic E-state index is 12.9. The maximum Gasteiger partial charge on any atom is 0.262 e. The van der Waals surface area contributed by atoms with Gasteiger partial charge in [-0.1, -0.05) is 18.2 Å². The number of hydrogen-bond donors (Lipinski definition) is 2. The Bertz CT molecular complexity index is 1180. The highest BCUT2D eigenvalue weighted by Crippen LogP contribution is 2.21. The average molecular weight is 443 g/mol. The number of benzene rings is 3. The molecule has 3 aromatic carbocycles. The summed E-state index contributed by atoms with van der Waals surface area (Å²) < 4.78 is 46.6. The van der Waals surface area contributed by atoms with Gasteiger partial charge in [-0.3, -0.25) is 9.52 Å². The lowest BCUT2D eigenvalue weighted by Gasteiger charge is -2.13. The van der Waals surface area contributed by atoms with Crippen LogP contribution in [0.2, 0.25) is 0 Å². The van der Waals surface area contributed by atoms with Crippen LogP contribution in [0.1, 0.15) is 21.5 Å². The summed E-state index contributed by atoms with van der Waals surface area (Å²) in [6.07, 6.45) is 0. The van der Waals surface area contributed by atoms with Crippen molar-refractivity contribution in [2.75, 3.05) is 17.9 Å². The van der Waals surface area contributed by atoms with Crippen molar-refractivity contribution < 1.29 is 22.3 Å². The van der Waals surface area contributed by atoms with E-state index in [-0.39, 0.29) is 29.4 Å². The molecule has 1 amide bonds. The first-order chi connectivity index (χ1) is 14.7. The van der Waals surface area contributed by atoms with Gasteiger partial charge in [0, 0.05) is 11.3 Å². The molecule has 3 aromatic rings. The number of rotatable bonds is 8. The molecule has 0 bridgehead atoms. The van der Waals surface area contributed by atoms with Gasteiger partial charge in [-0.25, -0.2) is 12.8 Å². The lowest BCUT2D eigenvalue weighted by atomic mass is 10.1. The third-order valence-corrected chi connectivity index (χ3v) is 6.00. The molecule has 0 saturated heterocycles. The van der Waals surface area contributed by atoms with E-state index in [2.05, 4.69) is 10.0 Å². The lowest BCUT2D eigenvalue weighted by molar-refractivity contribution is 0.0947. The number of aryl methyl sites for hydroxylation is 2. The third-order valence-electron chi connectivity index (χ3n) is 4.48. The fourth-order valence-electron chi connectivity index (χ4n) is 2.92. The SMILES string of the molecule is Cc1cccc(NS(=O)(=O)c2cc(C(=O)NCCOc3ccc(F)cc3)ccc2C)c1. The Morgan fingerprint density at radius 1 is 1.00 bits per heavy atom. The monoisotopic (exact) mass is 442 g/mol. The van der Waals surface area contributed by atoms with Crippen molar-refractivity contribution in [2.24, 2.45) is 0 Å². The predicted molar refractivity (Wildman–Crippen MR) is 117 cm³/mol. The molecule has 31 heavy (non-hydrogen) atoms. The summed E-state index contributed by atoms with van der Waals surface area (Å²) in [5.41, 5.74) is 2.12. The molecule has 8 heteroatoms. The quantitative estimate of drug-likeness (QED) is 0.516. The maximum atomic E-state index is 12.9. The van der Waals surface area contributed by atoms with Crippen LogP contribution >= 0.6 is 0 Å². The van der Waals surface area contributed by atoms with E-state index in [0.29, 0.717) is 17.0 Å². The van der Waals surface area contributed by atoms with Gasteiger partial charge in [-0.15, -0.1) is 0 Å². The van der Waals surface area contributed by atoms with E-state index < -0.39 is 15.9 Å². The summed E-state index contributed by atoms with van der Waals surface area (Å²) in [4.78, 5) is 12.5. The zero-order valence-corrected chi connectivity index (χ0v) is 18.0. The number of amides is 1. The van der Waals surface area contributed by atoms with E-state index in [1.807, 2.05) is 13.0 Å². The molecule has 0 spiro atoms. The van der Waals surface area contributed by atoms with Crippen molar-refractivity contribution in [2.45, 2.75) is 18.7 Å². The van der Waals surface area contributed by atoms with Crippen LogP contribution in [0.4, 0.5) is 10.1 Å². The first-order valence-corrected chi connectivity index (χ1v) is 11.1. The summed E-state index contributed by atoms with van der Waals surface area (Å²) in [5, 5.41) is 2.68. The van der Waals surface area contributed by atoms with Crippen LogP contribution in [-0.4, -0.2) is 27.5 Å². The number of carbonyl (C=O) groups is 1. The molecule has 0 heterocycles. The van der Waals surface area contributed by atoms with E-state index in [1.54, 1.807) is 37.3 Å². The van der Waals surface area contributed by atoms with Crippen molar-refractivity contribution in [1.82, 2.24) is 5.32 Å². The molecular formula is C23H23FN2O4S. The van der Waals surface area contributed by atoms with Gasteiger partial charge in [0.15, 0.2) is 0 Å². The Hall–Kier alpha value is -3.39. The van der Waals surface area contributed by atoms with Gasteiger partial charge < -0.3 is 10.1 Å². The Labute approximate surface area is 181 Å². The standard InChI is InChI=1S/C23H23FN2O4S/c1-16-4-3-5-20(14-16)26-31(28,29)22-15-18(7-6-17(22)2)23(27)25-12-13-30-21-10-8-19(24)9-11-21/h3-11,14-15,26H,12-13H2,1-2H3,(H,25,27). The minimum atomic E-state index is -3.87. The Morgan fingerprint density at radius 3 is 2.45 bits per heavy atom. The van der Waals surface area contributed by atoms with Crippen LogP contribution in [0.25, 0.3) is 0 Å². The predicted octanol–water partition coefficient (Wildman–Crippen LogP) is 4.05. The van der Waals surface area contributed by atoms with Gasteiger partial charge in [0.1, 0.15) is 18.2 Å². The average Bonchev–Trinajstić information content (AvgIpc) is 2.72. The Morgan fingerprint density at radius 2 is 1.74 bits per heavy atom. The van der Waals surface area contributed by atoms with E-state index >= 15 is 0 Å². The number of ether oxygens (including phenoxy) is 1. The summed E-state index contributed by atoms with van der Waals surface area (Å²) in [6.45, 7) is 3.92. The lowest BCUT2D eigenvalue weighted by Crippen LogP contribution is -2.28. The highest BCUT2D eigenvalue weighted by molar-refractivity contribution is 7.92. The second-order valence-electron chi connectivity index (χ2n) is 7.01. The Kier molecular flexibility index (Phi) is 6.91. The summed E-state index contributed by atoms with van der Waals surface area (Å²) in [7, 11) is -3.87. The van der Waals surface area contributed by atoms with Crippen LogP contribution in [0.5, 0.6) is 5.75 Å². The number of anilines is 1. The largest absolute Gasteiger partial charge is 0.492 e. The van der Waals surface area contributed by atoms with Gasteiger partial charge in [0.25, 0.3) is 15.9 Å². The smallest absolute Gasteiger partial charge is 0.262 e. The number of halogens is 1. The molecule has 0 saturated carbocycles. The van der Waals surface area contributed by atoms with Crippen molar-refractivity contribution in [3.8, 4) is 5.75 Å². The zero-order valence-electron chi connectivity index (χ0n) is 17.2. The van der Waals surface area contributed by atoms with Gasteiger partial charge in [0.2, 0.25) is 0 Å². The van der Waals surface area contributed by atoms with Crippen molar-refractivity contribution in [3.05, 3.63) is 89.2 Å². The van der Waals surface area contributed by atoms with E-state index in [4.69, 9.17) is 4.74 Å². The number of sulfonamides is 1. The molecule has 0 aliphatic heterocycles. The van der Waals surface area contributed by atoms with Crippen LogP contribution < -0.4 is 14.8 Å². The molecule has 2 N–H and O–H groups in total. The molecule has 0 radical (unpaired) electrons. The number of hydrogen-bond acceptors (Lipinski definition) is 4. The summed E-state index contributed by atoms with van der Waals surface area (Å²) >= 11 is 0. The van der Waals surface area contributed by atoms with E-state index in [1.165, 1.54) is 30.3 Å². The Balaban J connectivity index is 1.65. The summed E-state index contributed by atoms with van der Waals surface area (Å²) in [5.74, 6) is -0.293. The fraction of sp³-hybridized carbons (Fsp3) is 0.174. The van der Waals surface area contributed by atoms with Gasteiger partial charge in [-0.05, 0) is 73.5 Å². The van der Waals surface area contributed by atoms with Gasteiger partial charge >= 0.3 is 0 Å². The second kappa shape index (κ2) is 9.61. The first-order valence-electron chi connectivity index (χ1n) is 9.61. The molecule has 0 aliphatic carbocycles. The second-order valence-corrected chi connectivity index (χ2v) is 8.66. The van der Waals surface area contributed by atoms with E-state index in [0.717, 1.165) is 5.56 Å². The molecule has 0 unspecified atom stereocenters. The fourth-order valence-corrected chi connectivity index (χ4v) is 4.24. The van der Waals surface area contributed by atoms with Crippen molar-refractivity contribution >= 4 is 21.6 Å². The first kappa shape index (κ1) is 22.3. The normalized spacial score (nSPS) is 11.1. The van der Waals surface area contributed by atoms with Crippen molar-refractivity contribution in [1.29, 1.82) is 0 Å². The van der Waals surface area contributed by atoms with Gasteiger partial charge in [0.05, 0.1) is 11.4 Å². The molecule has 3 rings (SSSR count). The number of carbonyl (C=O) groups excluding carboxylic acids is 1. The zero-order chi connectivity index (χ0) is 22.4. The summed E-state index contributed by atoms with van der Waals surface area (Å²) in [6, 6.07) is 17.1. The van der Waals surface area contributed by atoms with Crippen molar-refractivity contribution in [3.63, 3.8) is 0 Å². The highest BCUT2D eigenvalue weighted by Gasteiger charge is 2.19. The van der Waals surface area contributed by atoms with Crippen LogP contribution in [0.3, 0.4) is 0 Å². The molecule has 6 nitrogen and oxygen atoms in total. The molecule has 0 atom stereocenters. The highest BCUT2D eigenvalue weighted by atomic mass is 32.2. The minimum Gasteiger partial charge on any atom is -0.492 e. The van der Waals surface area contributed by atoms with Crippen LogP contribution in [-0.2, 0) is 10.0 Å². The molecule has 0 aromatic heterocycles. The third kappa shape index (κ3) is 6.05. The minimum absolute atomic E-state index is 0.0317. The molecule has 0 aliphatic rings. The van der Waals surface area contributed by atoms with Crippen LogP contribution in [0.15, 0.2) is 71.6 Å². The van der Waals surface area contributed by atoms with E-state index in [9.17, 15) is 17.6 Å². The molecule has 0 fully saturated rings.